The standard InChI is InChI=1S/C8H14O3/c1-2-7(3-4-9)8-10-5-6-11-8/h2,8-9H,3-6H2,1H3/b7-2-. The number of hydrogen-bond acceptors (Lipinski definition) is 3. The lowest BCUT2D eigenvalue weighted by Gasteiger charge is -2.11. The molecule has 64 valence electrons. The van der Waals surface area contributed by atoms with Gasteiger partial charge in [0.2, 0.25) is 0 Å². The average Bonchev–Trinajstić information content (AvgIpc) is 2.52. The Morgan fingerprint density at radius 2 is 2.18 bits per heavy atom. The van der Waals surface area contributed by atoms with E-state index in [1.165, 1.54) is 0 Å². The summed E-state index contributed by atoms with van der Waals surface area (Å²) in [4.78, 5) is 0. The molecule has 1 fully saturated rings. The Hall–Kier alpha value is -0.380. The zero-order chi connectivity index (χ0) is 8.10. The van der Waals surface area contributed by atoms with Crippen LogP contribution in [-0.2, 0) is 9.47 Å². The third kappa shape index (κ3) is 2.29. The fraction of sp³-hybridized carbons (Fsp3) is 0.750. The smallest absolute Gasteiger partial charge is 0.180 e. The second-order valence-electron chi connectivity index (χ2n) is 2.41. The molecule has 1 N–H and O–H groups in total. The second kappa shape index (κ2) is 4.49. The second-order valence-corrected chi connectivity index (χ2v) is 2.41. The van der Waals surface area contributed by atoms with Crippen LogP contribution in [0, 0.1) is 0 Å². The topological polar surface area (TPSA) is 38.7 Å². The number of allylic oxidation sites excluding steroid dienone is 1. The molecule has 0 saturated carbocycles. The van der Waals surface area contributed by atoms with Gasteiger partial charge in [-0.15, -0.1) is 0 Å². The lowest BCUT2D eigenvalue weighted by atomic mass is 10.2. The van der Waals surface area contributed by atoms with Crippen LogP contribution in [0.5, 0.6) is 0 Å². The van der Waals surface area contributed by atoms with Gasteiger partial charge in [-0.1, -0.05) is 6.08 Å². The molecule has 3 nitrogen and oxygen atoms in total. The van der Waals surface area contributed by atoms with Crippen LogP contribution in [0.4, 0.5) is 0 Å². The number of ether oxygens (including phenoxy) is 2. The zero-order valence-corrected chi connectivity index (χ0v) is 6.75. The summed E-state index contributed by atoms with van der Waals surface area (Å²) in [6.07, 6.45) is 2.38. The molecule has 1 rings (SSSR count). The molecule has 0 spiro atoms. The summed E-state index contributed by atoms with van der Waals surface area (Å²) < 4.78 is 10.5. The summed E-state index contributed by atoms with van der Waals surface area (Å²) in [5, 5.41) is 8.68. The first kappa shape index (κ1) is 8.71. The van der Waals surface area contributed by atoms with Crippen molar-refractivity contribution in [3.63, 3.8) is 0 Å². The summed E-state index contributed by atoms with van der Waals surface area (Å²) in [7, 11) is 0. The van der Waals surface area contributed by atoms with E-state index in [0.29, 0.717) is 19.6 Å². The van der Waals surface area contributed by atoms with Gasteiger partial charge < -0.3 is 14.6 Å². The molecule has 1 saturated heterocycles. The van der Waals surface area contributed by atoms with Gasteiger partial charge in [-0.2, -0.15) is 0 Å². The fourth-order valence-corrected chi connectivity index (χ4v) is 1.10. The quantitative estimate of drug-likeness (QED) is 0.614. The van der Waals surface area contributed by atoms with Crippen LogP contribution in [0.1, 0.15) is 13.3 Å². The van der Waals surface area contributed by atoms with Crippen LogP contribution in [0.2, 0.25) is 0 Å². The van der Waals surface area contributed by atoms with Gasteiger partial charge in [0.25, 0.3) is 0 Å². The van der Waals surface area contributed by atoms with Gasteiger partial charge >= 0.3 is 0 Å². The molecule has 0 aromatic carbocycles. The Balaban J connectivity index is 2.41. The zero-order valence-electron chi connectivity index (χ0n) is 6.75. The molecule has 3 heteroatoms. The minimum absolute atomic E-state index is 0.156. The van der Waals surface area contributed by atoms with Crippen LogP contribution in [-0.4, -0.2) is 31.2 Å². The number of rotatable bonds is 3. The fourth-order valence-electron chi connectivity index (χ4n) is 1.10. The van der Waals surface area contributed by atoms with Crippen LogP contribution >= 0.6 is 0 Å². The Labute approximate surface area is 66.6 Å². The van der Waals surface area contributed by atoms with Gasteiger partial charge in [0.1, 0.15) is 0 Å². The first-order chi connectivity index (χ1) is 5.38. The van der Waals surface area contributed by atoms with Crippen molar-refractivity contribution in [1.29, 1.82) is 0 Å². The monoisotopic (exact) mass is 158 g/mol. The maximum Gasteiger partial charge on any atom is 0.180 e. The van der Waals surface area contributed by atoms with Crippen LogP contribution in [0.15, 0.2) is 11.6 Å². The highest BCUT2D eigenvalue weighted by Crippen LogP contribution is 2.16. The van der Waals surface area contributed by atoms with Crippen LogP contribution in [0.3, 0.4) is 0 Å². The van der Waals surface area contributed by atoms with Gasteiger partial charge in [-0.25, -0.2) is 0 Å². The Bertz CT molecular complexity index is 136. The van der Waals surface area contributed by atoms with E-state index in [2.05, 4.69) is 0 Å². The van der Waals surface area contributed by atoms with E-state index in [1.807, 2.05) is 13.0 Å². The Morgan fingerprint density at radius 1 is 1.55 bits per heavy atom. The SMILES string of the molecule is C/C=C(/CCO)C1OCCO1. The van der Waals surface area contributed by atoms with E-state index in [-0.39, 0.29) is 12.9 Å². The highest BCUT2D eigenvalue weighted by molar-refractivity contribution is 5.04. The molecule has 0 radical (unpaired) electrons. The number of aliphatic hydroxyl groups is 1. The Kier molecular flexibility index (Phi) is 3.56. The van der Waals surface area contributed by atoms with Crippen molar-refractivity contribution >= 4 is 0 Å². The van der Waals surface area contributed by atoms with Crippen molar-refractivity contribution < 1.29 is 14.6 Å². The molecular formula is C8H14O3. The molecule has 11 heavy (non-hydrogen) atoms. The summed E-state index contributed by atoms with van der Waals surface area (Å²) in [6, 6.07) is 0. The van der Waals surface area contributed by atoms with Gasteiger partial charge in [0.05, 0.1) is 13.2 Å². The predicted octanol–water partition coefficient (Wildman–Crippen LogP) is 0.688. The van der Waals surface area contributed by atoms with Crippen molar-refractivity contribution in [2.24, 2.45) is 0 Å². The average molecular weight is 158 g/mol. The molecule has 0 aromatic heterocycles. The van der Waals surface area contributed by atoms with Gasteiger partial charge in [0, 0.05) is 6.61 Å². The van der Waals surface area contributed by atoms with Crippen molar-refractivity contribution in [3.8, 4) is 0 Å². The third-order valence-corrected chi connectivity index (χ3v) is 1.70. The summed E-state index contributed by atoms with van der Waals surface area (Å²) >= 11 is 0. The largest absolute Gasteiger partial charge is 0.396 e. The minimum atomic E-state index is -0.202. The first-order valence-electron chi connectivity index (χ1n) is 3.87. The maximum atomic E-state index is 8.68. The third-order valence-electron chi connectivity index (χ3n) is 1.70. The van der Waals surface area contributed by atoms with E-state index in [0.717, 1.165) is 5.57 Å². The molecule has 0 atom stereocenters. The first-order valence-corrected chi connectivity index (χ1v) is 3.87. The molecular weight excluding hydrogens is 144 g/mol. The summed E-state index contributed by atoms with van der Waals surface area (Å²) in [5.74, 6) is 0. The van der Waals surface area contributed by atoms with Crippen LogP contribution < -0.4 is 0 Å². The lowest BCUT2D eigenvalue weighted by molar-refractivity contribution is -0.0148. The highest BCUT2D eigenvalue weighted by atomic mass is 16.7. The highest BCUT2D eigenvalue weighted by Gasteiger charge is 2.19. The normalized spacial score (nSPS) is 21.1. The van der Waals surface area contributed by atoms with E-state index < -0.39 is 0 Å². The van der Waals surface area contributed by atoms with E-state index >= 15 is 0 Å². The molecule has 1 heterocycles. The van der Waals surface area contributed by atoms with Crippen molar-refractivity contribution in [3.05, 3.63) is 11.6 Å². The molecule has 1 aliphatic rings. The summed E-state index contributed by atoms with van der Waals surface area (Å²) in [5.41, 5.74) is 1.03. The van der Waals surface area contributed by atoms with E-state index in [9.17, 15) is 0 Å². The summed E-state index contributed by atoms with van der Waals surface area (Å²) in [6.45, 7) is 3.40. The molecule has 0 aliphatic carbocycles. The number of hydrogen-bond donors (Lipinski definition) is 1. The van der Waals surface area contributed by atoms with Crippen LogP contribution in [0.25, 0.3) is 0 Å². The van der Waals surface area contributed by atoms with Gasteiger partial charge in [0.15, 0.2) is 6.29 Å². The molecule has 0 amide bonds. The van der Waals surface area contributed by atoms with Gasteiger partial charge in [-0.3, -0.25) is 0 Å². The number of aliphatic hydroxyl groups excluding tert-OH is 1. The van der Waals surface area contributed by atoms with Crippen molar-refractivity contribution in [2.75, 3.05) is 19.8 Å². The van der Waals surface area contributed by atoms with E-state index in [4.69, 9.17) is 14.6 Å². The van der Waals surface area contributed by atoms with Crippen molar-refractivity contribution in [1.82, 2.24) is 0 Å². The van der Waals surface area contributed by atoms with E-state index in [1.54, 1.807) is 0 Å². The van der Waals surface area contributed by atoms with Gasteiger partial charge in [-0.05, 0) is 18.9 Å². The molecule has 1 aliphatic heterocycles. The predicted molar refractivity (Wildman–Crippen MR) is 41.2 cm³/mol. The molecule has 0 unspecified atom stereocenters. The minimum Gasteiger partial charge on any atom is -0.396 e. The maximum absolute atomic E-state index is 8.68. The lowest BCUT2D eigenvalue weighted by Crippen LogP contribution is -2.12. The molecule has 0 aromatic rings. The Morgan fingerprint density at radius 3 is 2.64 bits per heavy atom. The van der Waals surface area contributed by atoms with Crippen molar-refractivity contribution in [2.45, 2.75) is 19.6 Å². The molecule has 0 bridgehead atoms.